The van der Waals surface area contributed by atoms with Gasteiger partial charge < -0.3 is 25.2 Å². The number of carbonyl (C=O) groups excluding carboxylic acids is 1. The SMILES string of the molecule is COc1cc2c(Oc3ccc(NC(=O)Nc4cnn(C5CCCC5)c4)c(Cl)c3)ncnc2cc1O. The molecule has 3 N–H and O–H groups in total. The molecule has 0 saturated heterocycles. The number of phenolic OH excluding ortho intramolecular Hbond substituents is 1. The van der Waals surface area contributed by atoms with Crippen LogP contribution in [-0.4, -0.2) is 38.0 Å². The molecule has 11 heteroatoms. The van der Waals surface area contributed by atoms with Crippen LogP contribution in [0.25, 0.3) is 10.9 Å². The molecular weight excluding hydrogens is 472 g/mol. The molecule has 10 nitrogen and oxygen atoms in total. The van der Waals surface area contributed by atoms with E-state index in [1.807, 2.05) is 10.9 Å². The average molecular weight is 495 g/mol. The van der Waals surface area contributed by atoms with Gasteiger partial charge in [-0.25, -0.2) is 14.8 Å². The summed E-state index contributed by atoms with van der Waals surface area (Å²) in [6.45, 7) is 0. The zero-order valence-corrected chi connectivity index (χ0v) is 19.6. The molecule has 2 aromatic heterocycles. The molecule has 0 radical (unpaired) electrons. The Labute approximate surface area is 205 Å². The van der Waals surface area contributed by atoms with Crippen LogP contribution in [0.2, 0.25) is 5.02 Å². The van der Waals surface area contributed by atoms with E-state index in [2.05, 4.69) is 25.7 Å². The van der Waals surface area contributed by atoms with Gasteiger partial charge in [0, 0.05) is 18.3 Å². The Kier molecular flexibility index (Phi) is 6.28. The third-order valence-corrected chi connectivity index (χ3v) is 6.17. The first-order chi connectivity index (χ1) is 17.0. The third kappa shape index (κ3) is 4.92. The summed E-state index contributed by atoms with van der Waals surface area (Å²) in [5.74, 6) is 0.912. The van der Waals surface area contributed by atoms with E-state index in [4.69, 9.17) is 21.1 Å². The minimum Gasteiger partial charge on any atom is -0.504 e. The van der Waals surface area contributed by atoms with E-state index >= 15 is 0 Å². The second-order valence-electron chi connectivity index (χ2n) is 8.19. The van der Waals surface area contributed by atoms with Gasteiger partial charge in [-0.1, -0.05) is 24.4 Å². The zero-order chi connectivity index (χ0) is 24.4. The van der Waals surface area contributed by atoms with E-state index in [0.29, 0.717) is 34.1 Å². The Balaban J connectivity index is 1.27. The van der Waals surface area contributed by atoms with Crippen molar-refractivity contribution in [2.24, 2.45) is 0 Å². The molecule has 2 heterocycles. The number of hydrogen-bond acceptors (Lipinski definition) is 7. The average Bonchev–Trinajstić information content (AvgIpc) is 3.53. The number of ether oxygens (including phenoxy) is 2. The number of urea groups is 1. The fraction of sp³-hybridized carbons (Fsp3) is 0.250. The molecule has 35 heavy (non-hydrogen) atoms. The highest BCUT2D eigenvalue weighted by Crippen LogP contribution is 2.36. The fourth-order valence-electron chi connectivity index (χ4n) is 4.12. The van der Waals surface area contributed by atoms with Crippen molar-refractivity contribution < 1.29 is 19.4 Å². The van der Waals surface area contributed by atoms with Gasteiger partial charge in [0.15, 0.2) is 11.5 Å². The van der Waals surface area contributed by atoms with Crippen LogP contribution in [0, 0.1) is 0 Å². The summed E-state index contributed by atoms with van der Waals surface area (Å²) >= 11 is 6.39. The smallest absolute Gasteiger partial charge is 0.323 e. The summed E-state index contributed by atoms with van der Waals surface area (Å²) in [4.78, 5) is 20.8. The van der Waals surface area contributed by atoms with Gasteiger partial charge in [-0.3, -0.25) is 4.68 Å². The number of anilines is 2. The Morgan fingerprint density at radius 1 is 1.17 bits per heavy atom. The van der Waals surface area contributed by atoms with Crippen LogP contribution >= 0.6 is 11.6 Å². The van der Waals surface area contributed by atoms with Crippen molar-refractivity contribution in [2.75, 3.05) is 17.7 Å². The third-order valence-electron chi connectivity index (χ3n) is 5.86. The maximum absolute atomic E-state index is 12.5. The van der Waals surface area contributed by atoms with Gasteiger partial charge in [0.2, 0.25) is 5.88 Å². The molecule has 1 saturated carbocycles. The van der Waals surface area contributed by atoms with Crippen LogP contribution in [0.1, 0.15) is 31.7 Å². The van der Waals surface area contributed by atoms with Gasteiger partial charge in [0.25, 0.3) is 0 Å². The number of rotatable bonds is 6. The first-order valence-electron chi connectivity index (χ1n) is 11.1. The van der Waals surface area contributed by atoms with Gasteiger partial charge in [0.05, 0.1) is 46.6 Å². The van der Waals surface area contributed by atoms with E-state index in [1.54, 1.807) is 30.5 Å². The van der Waals surface area contributed by atoms with Crippen LogP contribution in [0.15, 0.2) is 49.1 Å². The highest BCUT2D eigenvalue weighted by Gasteiger charge is 2.18. The van der Waals surface area contributed by atoms with E-state index in [1.165, 1.54) is 32.3 Å². The Bertz CT molecular complexity index is 1390. The molecule has 2 aromatic carbocycles. The number of nitrogens with zero attached hydrogens (tertiary/aromatic N) is 4. The number of aromatic nitrogens is 4. The summed E-state index contributed by atoms with van der Waals surface area (Å²) in [6, 6.07) is 7.89. The maximum Gasteiger partial charge on any atom is 0.323 e. The molecule has 0 spiro atoms. The quantitative estimate of drug-likeness (QED) is 0.312. The van der Waals surface area contributed by atoms with E-state index in [0.717, 1.165) is 12.8 Å². The summed E-state index contributed by atoms with van der Waals surface area (Å²) < 4.78 is 13.0. The topological polar surface area (TPSA) is 123 Å². The van der Waals surface area contributed by atoms with E-state index in [-0.39, 0.29) is 22.4 Å². The van der Waals surface area contributed by atoms with Crippen molar-refractivity contribution in [1.29, 1.82) is 0 Å². The molecule has 180 valence electrons. The van der Waals surface area contributed by atoms with Gasteiger partial charge >= 0.3 is 6.03 Å². The first-order valence-corrected chi connectivity index (χ1v) is 11.5. The zero-order valence-electron chi connectivity index (χ0n) is 18.9. The minimum atomic E-state index is -0.430. The normalized spacial score (nSPS) is 13.7. The highest BCUT2D eigenvalue weighted by molar-refractivity contribution is 6.34. The number of fused-ring (bicyclic) bond motifs is 1. The molecule has 0 aliphatic heterocycles. The number of hydrogen-bond donors (Lipinski definition) is 3. The van der Waals surface area contributed by atoms with Crippen molar-refractivity contribution in [3.05, 3.63) is 54.1 Å². The van der Waals surface area contributed by atoms with Crippen molar-refractivity contribution in [3.8, 4) is 23.1 Å². The van der Waals surface area contributed by atoms with E-state index < -0.39 is 6.03 Å². The van der Waals surface area contributed by atoms with Gasteiger partial charge in [-0.2, -0.15) is 5.10 Å². The Hall–Kier alpha value is -4.05. The van der Waals surface area contributed by atoms with E-state index in [9.17, 15) is 9.90 Å². The lowest BCUT2D eigenvalue weighted by Gasteiger charge is -2.12. The summed E-state index contributed by atoms with van der Waals surface area (Å²) in [5.41, 5.74) is 1.52. The second kappa shape index (κ2) is 9.67. The second-order valence-corrected chi connectivity index (χ2v) is 8.60. The molecule has 1 aliphatic carbocycles. The molecular formula is C24H23ClN6O4. The van der Waals surface area contributed by atoms with Crippen molar-refractivity contribution in [1.82, 2.24) is 19.7 Å². The van der Waals surface area contributed by atoms with Gasteiger partial charge in [-0.05, 0) is 31.0 Å². The number of phenols is 1. The molecule has 2 amide bonds. The predicted octanol–water partition coefficient (Wildman–Crippen LogP) is 5.75. The Morgan fingerprint density at radius 2 is 2.00 bits per heavy atom. The lowest BCUT2D eigenvalue weighted by molar-refractivity contribution is 0.262. The molecule has 5 rings (SSSR count). The maximum atomic E-state index is 12.5. The largest absolute Gasteiger partial charge is 0.504 e. The number of carbonyl (C=O) groups is 1. The number of methoxy groups -OCH3 is 1. The standard InChI is InChI=1S/C24H23ClN6O4/c1-34-22-9-17-20(10-21(22)32)26-13-27-23(17)35-16-6-7-19(18(25)8-16)30-24(33)29-14-11-28-31(12-14)15-4-2-3-5-15/h6-13,15,32H,2-5H2,1H3,(H2,29,30,33). The molecule has 4 aromatic rings. The first kappa shape index (κ1) is 22.7. The van der Waals surface area contributed by atoms with Gasteiger partial charge in [-0.15, -0.1) is 0 Å². The highest BCUT2D eigenvalue weighted by atomic mass is 35.5. The lowest BCUT2D eigenvalue weighted by Crippen LogP contribution is -2.19. The lowest BCUT2D eigenvalue weighted by atomic mass is 10.2. The minimum absolute atomic E-state index is 0.0349. The van der Waals surface area contributed by atoms with Crippen LogP contribution < -0.4 is 20.1 Å². The monoisotopic (exact) mass is 494 g/mol. The number of nitrogens with one attached hydrogen (secondary N) is 2. The van der Waals surface area contributed by atoms with Crippen LogP contribution in [0.5, 0.6) is 23.1 Å². The number of aromatic hydroxyl groups is 1. The van der Waals surface area contributed by atoms with Crippen LogP contribution in [0.4, 0.5) is 16.2 Å². The van der Waals surface area contributed by atoms with Crippen molar-refractivity contribution in [3.63, 3.8) is 0 Å². The van der Waals surface area contributed by atoms with Crippen molar-refractivity contribution >= 4 is 39.9 Å². The summed E-state index contributed by atoms with van der Waals surface area (Å²) in [6.07, 6.45) is 9.44. The van der Waals surface area contributed by atoms with Crippen LogP contribution in [-0.2, 0) is 0 Å². The summed E-state index contributed by atoms with van der Waals surface area (Å²) in [5, 5.41) is 20.7. The number of amides is 2. The molecule has 0 bridgehead atoms. The predicted molar refractivity (Wildman–Crippen MR) is 132 cm³/mol. The number of benzene rings is 2. The van der Waals surface area contributed by atoms with Crippen LogP contribution in [0.3, 0.4) is 0 Å². The molecule has 1 aliphatic rings. The van der Waals surface area contributed by atoms with Crippen molar-refractivity contribution in [2.45, 2.75) is 31.7 Å². The summed E-state index contributed by atoms with van der Waals surface area (Å²) in [7, 11) is 1.45. The fourth-order valence-corrected chi connectivity index (χ4v) is 4.34. The van der Waals surface area contributed by atoms with Gasteiger partial charge in [0.1, 0.15) is 12.1 Å². The number of halogens is 1. The molecule has 0 atom stereocenters. The molecule has 0 unspecified atom stereocenters. The molecule has 1 fully saturated rings. The Morgan fingerprint density at radius 3 is 2.77 bits per heavy atom.